The molecule has 1 heterocycles. The molecule has 0 spiro atoms. The number of nitriles is 1. The van der Waals surface area contributed by atoms with Gasteiger partial charge in [0.2, 0.25) is 0 Å². The zero-order valence-electron chi connectivity index (χ0n) is 10.5. The van der Waals surface area contributed by atoms with E-state index in [1.807, 2.05) is 45.0 Å². The van der Waals surface area contributed by atoms with E-state index in [2.05, 4.69) is 9.72 Å². The number of hydrogen-bond donors (Lipinski definition) is 0. The number of methoxy groups -OCH3 is 1. The van der Waals surface area contributed by atoms with Crippen LogP contribution < -0.4 is 0 Å². The molecule has 4 nitrogen and oxygen atoms in total. The predicted molar refractivity (Wildman–Crippen MR) is 63.1 cm³/mol. The molecule has 0 aliphatic carbocycles. The summed E-state index contributed by atoms with van der Waals surface area (Å²) in [6.07, 6.45) is 0. The Bertz CT molecular complexity index is 461. The zero-order chi connectivity index (χ0) is 13.1. The van der Waals surface area contributed by atoms with Gasteiger partial charge in [-0.25, -0.2) is 0 Å². The first kappa shape index (κ1) is 13.2. The first-order valence-corrected chi connectivity index (χ1v) is 5.35. The monoisotopic (exact) mass is 232 g/mol. The van der Waals surface area contributed by atoms with Crippen LogP contribution in [0.1, 0.15) is 25.2 Å². The highest BCUT2D eigenvalue weighted by Gasteiger charge is 2.38. The van der Waals surface area contributed by atoms with Crippen LogP contribution in [0.25, 0.3) is 0 Å². The van der Waals surface area contributed by atoms with Gasteiger partial charge in [0.15, 0.2) is 5.92 Å². The first-order chi connectivity index (χ1) is 7.93. The predicted octanol–water partition coefficient (Wildman–Crippen LogP) is 1.98. The number of nitrogens with zero attached hydrogens (tertiary/aromatic N) is 2. The molecule has 1 atom stereocenters. The average molecular weight is 232 g/mol. The molecule has 0 bridgehead atoms. The van der Waals surface area contributed by atoms with Gasteiger partial charge in [0.1, 0.15) is 0 Å². The zero-order valence-corrected chi connectivity index (χ0v) is 10.5. The second-order valence-corrected chi connectivity index (χ2v) is 4.47. The van der Waals surface area contributed by atoms with Crippen molar-refractivity contribution in [2.75, 3.05) is 7.11 Å². The molecule has 0 saturated carbocycles. The third-order valence-corrected chi connectivity index (χ3v) is 2.84. The molecule has 1 aromatic heterocycles. The van der Waals surface area contributed by atoms with Crippen LogP contribution in [0.3, 0.4) is 0 Å². The van der Waals surface area contributed by atoms with E-state index in [-0.39, 0.29) is 0 Å². The highest BCUT2D eigenvalue weighted by molar-refractivity contribution is 5.77. The lowest BCUT2D eigenvalue weighted by atomic mass is 9.76. The summed E-state index contributed by atoms with van der Waals surface area (Å²) in [6.45, 7) is 5.51. The van der Waals surface area contributed by atoms with Crippen molar-refractivity contribution in [2.45, 2.75) is 26.2 Å². The van der Waals surface area contributed by atoms with Crippen molar-refractivity contribution in [3.8, 4) is 6.07 Å². The van der Waals surface area contributed by atoms with Crippen LogP contribution in [0.2, 0.25) is 0 Å². The van der Waals surface area contributed by atoms with E-state index in [1.165, 1.54) is 7.11 Å². The fourth-order valence-electron chi connectivity index (χ4n) is 1.68. The van der Waals surface area contributed by atoms with Crippen LogP contribution >= 0.6 is 0 Å². The Balaban J connectivity index is 3.17. The minimum Gasteiger partial charge on any atom is -0.468 e. The van der Waals surface area contributed by atoms with E-state index < -0.39 is 17.3 Å². The molecule has 0 aliphatic heterocycles. The number of aromatic nitrogens is 1. The number of carbonyl (C=O) groups is 1. The lowest BCUT2D eigenvalue weighted by Crippen LogP contribution is -2.35. The Labute approximate surface area is 101 Å². The fourth-order valence-corrected chi connectivity index (χ4v) is 1.68. The van der Waals surface area contributed by atoms with E-state index in [1.54, 1.807) is 0 Å². The van der Waals surface area contributed by atoms with Crippen LogP contribution in [0.4, 0.5) is 0 Å². The van der Waals surface area contributed by atoms with Crippen molar-refractivity contribution in [1.29, 1.82) is 5.26 Å². The third kappa shape index (κ3) is 2.62. The standard InChI is InChI=1S/C13H16N2O2/c1-9-6-5-7-11(15-9)13(2,3)10(8-14)12(16)17-4/h5-7,10H,1-4H3. The Morgan fingerprint density at radius 2 is 2.18 bits per heavy atom. The molecule has 1 aromatic rings. The fraction of sp³-hybridized carbons (Fsp3) is 0.462. The Kier molecular flexibility index (Phi) is 3.84. The van der Waals surface area contributed by atoms with E-state index in [0.717, 1.165) is 11.4 Å². The molecule has 4 heteroatoms. The summed E-state index contributed by atoms with van der Waals surface area (Å²) >= 11 is 0. The Morgan fingerprint density at radius 3 is 2.65 bits per heavy atom. The maximum atomic E-state index is 11.6. The number of carbonyl (C=O) groups excluding carboxylic acids is 1. The summed E-state index contributed by atoms with van der Waals surface area (Å²) < 4.78 is 4.65. The SMILES string of the molecule is COC(=O)C(C#N)C(C)(C)c1cccc(C)n1. The topological polar surface area (TPSA) is 63.0 Å². The van der Waals surface area contributed by atoms with Gasteiger partial charge in [0.25, 0.3) is 0 Å². The van der Waals surface area contributed by atoms with E-state index in [4.69, 9.17) is 5.26 Å². The third-order valence-electron chi connectivity index (χ3n) is 2.84. The summed E-state index contributed by atoms with van der Waals surface area (Å²) in [5, 5.41) is 9.12. The van der Waals surface area contributed by atoms with Gasteiger partial charge in [-0.3, -0.25) is 9.78 Å². The summed E-state index contributed by atoms with van der Waals surface area (Å²) in [6, 6.07) is 7.56. The Morgan fingerprint density at radius 1 is 1.53 bits per heavy atom. The molecular formula is C13H16N2O2. The molecule has 0 amide bonds. The van der Waals surface area contributed by atoms with Crippen LogP contribution in [-0.4, -0.2) is 18.1 Å². The van der Waals surface area contributed by atoms with Crippen LogP contribution in [0, 0.1) is 24.2 Å². The average Bonchev–Trinajstić information content (AvgIpc) is 2.29. The summed E-state index contributed by atoms with van der Waals surface area (Å²) in [4.78, 5) is 15.9. The number of ether oxygens (including phenoxy) is 1. The molecular weight excluding hydrogens is 216 g/mol. The lowest BCUT2D eigenvalue weighted by molar-refractivity contribution is -0.145. The van der Waals surface area contributed by atoms with Gasteiger partial charge >= 0.3 is 5.97 Å². The van der Waals surface area contributed by atoms with Crippen molar-refractivity contribution in [3.63, 3.8) is 0 Å². The first-order valence-electron chi connectivity index (χ1n) is 5.35. The van der Waals surface area contributed by atoms with Gasteiger partial charge in [0.05, 0.1) is 13.2 Å². The second kappa shape index (κ2) is 4.96. The van der Waals surface area contributed by atoms with Gasteiger partial charge in [-0.1, -0.05) is 19.9 Å². The second-order valence-electron chi connectivity index (χ2n) is 4.47. The minimum atomic E-state index is -0.859. The molecule has 0 saturated heterocycles. The quantitative estimate of drug-likeness (QED) is 0.747. The van der Waals surface area contributed by atoms with Gasteiger partial charge in [-0.15, -0.1) is 0 Å². The van der Waals surface area contributed by atoms with Crippen molar-refractivity contribution < 1.29 is 9.53 Å². The number of esters is 1. The Hall–Kier alpha value is -1.89. The van der Waals surface area contributed by atoms with Gasteiger partial charge in [-0.05, 0) is 19.1 Å². The van der Waals surface area contributed by atoms with Crippen molar-refractivity contribution >= 4 is 5.97 Å². The summed E-state index contributed by atoms with van der Waals surface area (Å²) in [5.41, 5.74) is 0.903. The van der Waals surface area contributed by atoms with Crippen molar-refractivity contribution in [2.24, 2.45) is 5.92 Å². The highest BCUT2D eigenvalue weighted by Crippen LogP contribution is 2.31. The molecule has 0 N–H and O–H groups in total. The number of rotatable bonds is 3. The maximum Gasteiger partial charge on any atom is 0.324 e. The molecule has 90 valence electrons. The molecule has 1 unspecified atom stereocenters. The van der Waals surface area contributed by atoms with Crippen molar-refractivity contribution in [1.82, 2.24) is 4.98 Å². The number of aryl methyl sites for hydroxylation is 1. The van der Waals surface area contributed by atoms with Gasteiger partial charge in [-0.2, -0.15) is 5.26 Å². The van der Waals surface area contributed by atoms with E-state index in [0.29, 0.717) is 0 Å². The van der Waals surface area contributed by atoms with Crippen LogP contribution in [0.5, 0.6) is 0 Å². The van der Waals surface area contributed by atoms with E-state index >= 15 is 0 Å². The molecule has 0 aliphatic rings. The summed E-state index contributed by atoms with van der Waals surface area (Å²) in [5.74, 6) is -1.39. The summed E-state index contributed by atoms with van der Waals surface area (Å²) in [7, 11) is 1.28. The van der Waals surface area contributed by atoms with Gasteiger partial charge in [0, 0.05) is 16.8 Å². The lowest BCUT2D eigenvalue weighted by Gasteiger charge is -2.27. The molecule has 0 fully saturated rings. The minimum absolute atomic E-state index is 0.527. The normalized spacial score (nSPS) is 12.6. The smallest absolute Gasteiger partial charge is 0.324 e. The molecule has 0 aromatic carbocycles. The maximum absolute atomic E-state index is 11.6. The number of pyridine rings is 1. The largest absolute Gasteiger partial charge is 0.468 e. The van der Waals surface area contributed by atoms with Crippen molar-refractivity contribution in [3.05, 3.63) is 29.6 Å². The van der Waals surface area contributed by atoms with E-state index in [9.17, 15) is 4.79 Å². The highest BCUT2D eigenvalue weighted by atomic mass is 16.5. The molecule has 1 rings (SSSR count). The molecule has 0 radical (unpaired) electrons. The number of hydrogen-bond acceptors (Lipinski definition) is 4. The van der Waals surface area contributed by atoms with Crippen LogP contribution in [-0.2, 0) is 14.9 Å². The van der Waals surface area contributed by atoms with Gasteiger partial charge < -0.3 is 4.74 Å². The molecule has 17 heavy (non-hydrogen) atoms. The van der Waals surface area contributed by atoms with Crippen LogP contribution in [0.15, 0.2) is 18.2 Å².